The predicted molar refractivity (Wildman–Crippen MR) is 115 cm³/mol. The normalized spacial score (nSPS) is 19.2. The highest BCUT2D eigenvalue weighted by Crippen LogP contribution is 2.41. The highest BCUT2D eigenvalue weighted by Gasteiger charge is 2.22. The Balaban J connectivity index is 1.61. The predicted octanol–water partition coefficient (Wildman–Crippen LogP) is 7.35. The first kappa shape index (κ1) is 19.4. The lowest BCUT2D eigenvalue weighted by Crippen LogP contribution is -2.07. The Morgan fingerprint density at radius 1 is 0.643 bits per heavy atom. The first-order chi connectivity index (χ1) is 13.6. The van der Waals surface area contributed by atoms with Gasteiger partial charge in [-0.05, 0) is 71.9 Å². The van der Waals surface area contributed by atoms with E-state index in [0.717, 1.165) is 11.1 Å². The average molecular weight is 379 g/mol. The lowest BCUT2D eigenvalue weighted by molar-refractivity contribution is 0.413. The summed E-state index contributed by atoms with van der Waals surface area (Å²) in [5, 5.41) is 20.9. The van der Waals surface area contributed by atoms with Gasteiger partial charge < -0.3 is 10.2 Å². The molecule has 0 amide bonds. The molecule has 2 aliphatic rings. The fourth-order valence-electron chi connectivity index (χ4n) is 5.36. The summed E-state index contributed by atoms with van der Waals surface area (Å²) in [6, 6.07) is 12.4. The van der Waals surface area contributed by atoms with E-state index in [1.807, 2.05) is 12.1 Å². The van der Waals surface area contributed by atoms with Crippen LogP contribution in [0.5, 0.6) is 11.5 Å². The zero-order chi connectivity index (χ0) is 19.5. The molecule has 2 aromatic carbocycles. The minimum atomic E-state index is 0.255. The third-order valence-corrected chi connectivity index (χ3v) is 7.19. The second-order valence-corrected chi connectivity index (χ2v) is 9.03. The van der Waals surface area contributed by atoms with Gasteiger partial charge in [-0.3, -0.25) is 0 Å². The fraction of sp³-hybridized carbons (Fsp3) is 0.538. The molecule has 0 aliphatic heterocycles. The number of phenols is 2. The Morgan fingerprint density at radius 2 is 1.04 bits per heavy atom. The van der Waals surface area contributed by atoms with Gasteiger partial charge >= 0.3 is 0 Å². The Morgan fingerprint density at radius 3 is 1.43 bits per heavy atom. The monoisotopic (exact) mass is 378 g/mol. The van der Waals surface area contributed by atoms with E-state index >= 15 is 0 Å². The van der Waals surface area contributed by atoms with Crippen molar-refractivity contribution < 1.29 is 10.2 Å². The molecule has 0 saturated heterocycles. The molecule has 2 fully saturated rings. The summed E-state index contributed by atoms with van der Waals surface area (Å²) in [6.45, 7) is 2.24. The quantitative estimate of drug-likeness (QED) is 0.584. The maximum atomic E-state index is 10.5. The van der Waals surface area contributed by atoms with Gasteiger partial charge in [-0.15, -0.1) is 0 Å². The molecule has 0 spiro atoms. The molecule has 4 rings (SSSR count). The molecule has 28 heavy (non-hydrogen) atoms. The van der Waals surface area contributed by atoms with Crippen LogP contribution < -0.4 is 0 Å². The van der Waals surface area contributed by atoms with Gasteiger partial charge in [0, 0.05) is 5.92 Å². The van der Waals surface area contributed by atoms with Crippen LogP contribution in [0.4, 0.5) is 0 Å². The largest absolute Gasteiger partial charge is 0.508 e. The molecule has 2 N–H and O–H groups in total. The molecular formula is C26H34O2. The second kappa shape index (κ2) is 8.59. The molecular weight excluding hydrogens is 344 g/mol. The van der Waals surface area contributed by atoms with Gasteiger partial charge in [0.2, 0.25) is 0 Å². The van der Waals surface area contributed by atoms with E-state index in [9.17, 15) is 10.2 Å². The van der Waals surface area contributed by atoms with Crippen molar-refractivity contribution in [3.63, 3.8) is 0 Å². The van der Waals surface area contributed by atoms with Crippen molar-refractivity contribution in [3.8, 4) is 11.5 Å². The zero-order valence-corrected chi connectivity index (χ0v) is 17.2. The zero-order valence-electron chi connectivity index (χ0n) is 17.2. The van der Waals surface area contributed by atoms with E-state index in [-0.39, 0.29) is 5.92 Å². The molecule has 0 radical (unpaired) electrons. The van der Waals surface area contributed by atoms with Gasteiger partial charge in [0.15, 0.2) is 0 Å². The lowest BCUT2D eigenvalue weighted by Gasteiger charge is -2.25. The molecule has 2 saturated carbocycles. The van der Waals surface area contributed by atoms with Gasteiger partial charge in [-0.2, -0.15) is 0 Å². The SMILES string of the molecule is CC(c1ccc(O)c(C2CCCCC2)c1)c1ccc(O)c(C2CCCCC2)c1. The molecule has 0 bridgehead atoms. The third-order valence-electron chi connectivity index (χ3n) is 7.19. The van der Waals surface area contributed by atoms with Crippen molar-refractivity contribution in [2.45, 2.75) is 88.9 Å². The molecule has 0 aromatic heterocycles. The van der Waals surface area contributed by atoms with Crippen molar-refractivity contribution in [1.29, 1.82) is 0 Å². The smallest absolute Gasteiger partial charge is 0.119 e. The highest BCUT2D eigenvalue weighted by atomic mass is 16.3. The second-order valence-electron chi connectivity index (χ2n) is 9.03. The van der Waals surface area contributed by atoms with Gasteiger partial charge in [0.05, 0.1) is 0 Å². The van der Waals surface area contributed by atoms with Crippen molar-refractivity contribution in [3.05, 3.63) is 58.7 Å². The van der Waals surface area contributed by atoms with Gasteiger partial charge in [-0.25, -0.2) is 0 Å². The summed E-state index contributed by atoms with van der Waals surface area (Å²) >= 11 is 0. The maximum Gasteiger partial charge on any atom is 0.119 e. The van der Waals surface area contributed by atoms with Crippen LogP contribution in [0.25, 0.3) is 0 Å². The van der Waals surface area contributed by atoms with Crippen molar-refractivity contribution in [2.75, 3.05) is 0 Å². The lowest BCUT2D eigenvalue weighted by atomic mass is 9.80. The minimum Gasteiger partial charge on any atom is -0.508 e. The highest BCUT2D eigenvalue weighted by molar-refractivity contribution is 5.46. The number of hydrogen-bond donors (Lipinski definition) is 2. The van der Waals surface area contributed by atoms with Gasteiger partial charge in [0.25, 0.3) is 0 Å². The average Bonchev–Trinajstić information content (AvgIpc) is 2.75. The molecule has 0 atom stereocenters. The molecule has 2 aliphatic carbocycles. The Bertz CT molecular complexity index is 731. The van der Waals surface area contributed by atoms with Crippen LogP contribution in [0.2, 0.25) is 0 Å². The summed E-state index contributed by atoms with van der Waals surface area (Å²) < 4.78 is 0. The summed E-state index contributed by atoms with van der Waals surface area (Å²) in [6.07, 6.45) is 12.5. The summed E-state index contributed by atoms with van der Waals surface area (Å²) in [5.74, 6) is 2.16. The van der Waals surface area contributed by atoms with Crippen molar-refractivity contribution in [1.82, 2.24) is 0 Å². The molecule has 2 aromatic rings. The number of rotatable bonds is 4. The number of hydrogen-bond acceptors (Lipinski definition) is 2. The van der Waals surface area contributed by atoms with Crippen molar-refractivity contribution >= 4 is 0 Å². The standard InChI is InChI=1S/C26H34O2/c1-18(21-12-14-25(27)23(16-21)19-8-4-2-5-9-19)22-13-15-26(28)24(17-22)20-10-6-3-7-11-20/h12-20,27-28H,2-11H2,1H3. The fourth-order valence-corrected chi connectivity index (χ4v) is 5.36. The maximum absolute atomic E-state index is 10.5. The van der Waals surface area contributed by atoms with Crippen LogP contribution >= 0.6 is 0 Å². The van der Waals surface area contributed by atoms with Crippen LogP contribution in [0, 0.1) is 0 Å². The molecule has 0 unspecified atom stereocenters. The van der Waals surface area contributed by atoms with E-state index < -0.39 is 0 Å². The van der Waals surface area contributed by atoms with Gasteiger partial charge in [0.1, 0.15) is 11.5 Å². The van der Waals surface area contributed by atoms with E-state index in [1.165, 1.54) is 75.3 Å². The number of aromatic hydroxyl groups is 2. The number of benzene rings is 2. The molecule has 0 heterocycles. The van der Waals surface area contributed by atoms with Crippen LogP contribution in [-0.2, 0) is 0 Å². The van der Waals surface area contributed by atoms with E-state index in [0.29, 0.717) is 23.3 Å². The first-order valence-corrected chi connectivity index (χ1v) is 11.3. The van der Waals surface area contributed by atoms with E-state index in [2.05, 4.69) is 31.2 Å². The van der Waals surface area contributed by atoms with Crippen LogP contribution in [0.15, 0.2) is 36.4 Å². The molecule has 2 heteroatoms. The Hall–Kier alpha value is -1.96. The minimum absolute atomic E-state index is 0.255. The molecule has 150 valence electrons. The van der Waals surface area contributed by atoms with Crippen LogP contribution in [0.1, 0.15) is 111 Å². The number of phenolic OH excluding ortho intramolecular Hbond substituents is 2. The summed E-state index contributed by atoms with van der Waals surface area (Å²) in [4.78, 5) is 0. The topological polar surface area (TPSA) is 40.5 Å². The Kier molecular flexibility index (Phi) is 5.94. The summed E-state index contributed by atoms with van der Waals surface area (Å²) in [7, 11) is 0. The van der Waals surface area contributed by atoms with E-state index in [4.69, 9.17) is 0 Å². The first-order valence-electron chi connectivity index (χ1n) is 11.3. The third kappa shape index (κ3) is 4.06. The van der Waals surface area contributed by atoms with Crippen LogP contribution in [-0.4, -0.2) is 10.2 Å². The molecule has 2 nitrogen and oxygen atoms in total. The Labute approximate surface area is 169 Å². The van der Waals surface area contributed by atoms with Crippen molar-refractivity contribution in [2.24, 2.45) is 0 Å². The van der Waals surface area contributed by atoms with Gasteiger partial charge in [-0.1, -0.05) is 69.7 Å². The van der Waals surface area contributed by atoms with Crippen LogP contribution in [0.3, 0.4) is 0 Å². The van der Waals surface area contributed by atoms with E-state index in [1.54, 1.807) is 0 Å². The summed E-state index contributed by atoms with van der Waals surface area (Å²) in [5.41, 5.74) is 4.79.